The summed E-state index contributed by atoms with van der Waals surface area (Å²) in [5.41, 5.74) is 5.53. The van der Waals surface area contributed by atoms with Gasteiger partial charge in [-0.2, -0.15) is 0 Å². The summed E-state index contributed by atoms with van der Waals surface area (Å²) >= 11 is 6.94. The van der Waals surface area contributed by atoms with Gasteiger partial charge in [0.2, 0.25) is 5.91 Å². The Morgan fingerprint density at radius 2 is 1.67 bits per heavy atom. The van der Waals surface area contributed by atoms with Crippen LogP contribution in [0.1, 0.15) is 17.3 Å². The van der Waals surface area contributed by atoms with Crippen LogP contribution in [0.3, 0.4) is 0 Å². The number of fused-ring (bicyclic) bond motifs is 1. The Morgan fingerprint density at radius 1 is 0.933 bits per heavy atom. The summed E-state index contributed by atoms with van der Waals surface area (Å²) in [6.45, 7) is 1.12. The first-order chi connectivity index (χ1) is 14.3. The van der Waals surface area contributed by atoms with E-state index in [9.17, 15) is 14.4 Å². The highest BCUT2D eigenvalue weighted by Gasteiger charge is 2.11. The van der Waals surface area contributed by atoms with Crippen LogP contribution in [-0.2, 0) is 9.59 Å². The molecule has 0 atom stereocenters. The van der Waals surface area contributed by atoms with Gasteiger partial charge in [-0.25, -0.2) is 0 Å². The highest BCUT2D eigenvalue weighted by molar-refractivity contribution is 9.11. The van der Waals surface area contributed by atoms with Crippen LogP contribution in [0.5, 0.6) is 5.75 Å². The smallest absolute Gasteiger partial charge is 0.276 e. The number of ether oxygens (including phenoxy) is 1. The number of amides is 3. The van der Waals surface area contributed by atoms with Crippen LogP contribution in [0.2, 0.25) is 0 Å². The molecular weight excluding hydrogens is 518 g/mol. The number of carbonyl (C=O) groups excluding carboxylic acids is 3. The molecule has 0 fully saturated rings. The molecule has 0 aromatic heterocycles. The van der Waals surface area contributed by atoms with E-state index in [0.717, 1.165) is 19.7 Å². The maximum absolute atomic E-state index is 12.1. The van der Waals surface area contributed by atoms with Crippen LogP contribution in [0, 0.1) is 0 Å². The summed E-state index contributed by atoms with van der Waals surface area (Å²) in [7, 11) is 0. The minimum atomic E-state index is -0.513. The van der Waals surface area contributed by atoms with Gasteiger partial charge in [-0.3, -0.25) is 25.2 Å². The number of hydrogen-bond acceptors (Lipinski definition) is 4. The van der Waals surface area contributed by atoms with Crippen LogP contribution < -0.4 is 20.9 Å². The molecule has 3 amide bonds. The van der Waals surface area contributed by atoms with Crippen molar-refractivity contribution in [2.45, 2.75) is 6.92 Å². The van der Waals surface area contributed by atoms with Gasteiger partial charge in [0.1, 0.15) is 5.75 Å². The molecule has 3 aromatic carbocycles. The molecule has 0 bridgehead atoms. The molecule has 0 unspecified atom stereocenters. The quantitative estimate of drug-likeness (QED) is 0.428. The second-order valence-electron chi connectivity index (χ2n) is 6.29. The van der Waals surface area contributed by atoms with Crippen molar-refractivity contribution in [3.05, 3.63) is 69.1 Å². The van der Waals surface area contributed by atoms with E-state index in [1.54, 1.807) is 18.2 Å². The van der Waals surface area contributed by atoms with Crippen LogP contribution >= 0.6 is 31.9 Å². The Bertz CT molecular complexity index is 1120. The lowest BCUT2D eigenvalue weighted by Gasteiger charge is -2.11. The molecule has 3 aromatic rings. The molecule has 30 heavy (non-hydrogen) atoms. The number of carbonyl (C=O) groups is 3. The number of benzene rings is 3. The summed E-state index contributed by atoms with van der Waals surface area (Å²) < 4.78 is 7.27. The van der Waals surface area contributed by atoms with Gasteiger partial charge in [0, 0.05) is 22.6 Å². The highest BCUT2D eigenvalue weighted by atomic mass is 79.9. The fourth-order valence-electron chi connectivity index (χ4n) is 2.64. The Morgan fingerprint density at radius 3 is 2.37 bits per heavy atom. The number of rotatable bonds is 5. The van der Waals surface area contributed by atoms with Crippen molar-refractivity contribution in [2.24, 2.45) is 0 Å². The molecule has 7 nitrogen and oxygen atoms in total. The molecule has 0 aliphatic carbocycles. The molecule has 0 aliphatic rings. The van der Waals surface area contributed by atoms with Crippen LogP contribution in [-0.4, -0.2) is 24.3 Å². The Kier molecular flexibility index (Phi) is 7.07. The Hall–Kier alpha value is -2.91. The van der Waals surface area contributed by atoms with E-state index in [4.69, 9.17) is 4.74 Å². The van der Waals surface area contributed by atoms with Crippen molar-refractivity contribution >= 4 is 66.0 Å². The van der Waals surface area contributed by atoms with Crippen molar-refractivity contribution in [1.82, 2.24) is 10.9 Å². The summed E-state index contributed by atoms with van der Waals surface area (Å²) in [5.74, 6) is -0.693. The zero-order valence-electron chi connectivity index (χ0n) is 15.8. The van der Waals surface area contributed by atoms with Crippen LogP contribution in [0.15, 0.2) is 63.5 Å². The third-order valence-corrected chi connectivity index (χ3v) is 5.33. The lowest BCUT2D eigenvalue weighted by Crippen LogP contribution is -2.43. The van der Waals surface area contributed by atoms with Crippen molar-refractivity contribution in [1.29, 1.82) is 0 Å². The summed E-state index contributed by atoms with van der Waals surface area (Å²) in [5, 5.41) is 4.58. The van der Waals surface area contributed by atoms with Gasteiger partial charge in [-0.1, -0.05) is 28.1 Å². The third kappa shape index (κ3) is 5.58. The van der Waals surface area contributed by atoms with Crippen LogP contribution in [0.25, 0.3) is 10.8 Å². The van der Waals surface area contributed by atoms with Crippen molar-refractivity contribution in [2.75, 3.05) is 11.9 Å². The number of hydrogen-bond donors (Lipinski definition) is 3. The number of nitrogens with one attached hydrogen (secondary N) is 3. The minimum absolute atomic E-state index is 0.203. The van der Waals surface area contributed by atoms with E-state index in [1.165, 1.54) is 19.1 Å². The average Bonchev–Trinajstić information content (AvgIpc) is 2.71. The first kappa shape index (κ1) is 21.8. The second-order valence-corrected chi connectivity index (χ2v) is 8.00. The predicted octanol–water partition coefficient (Wildman–Crippen LogP) is 4.16. The topological polar surface area (TPSA) is 96.5 Å². The average molecular weight is 535 g/mol. The first-order valence-electron chi connectivity index (χ1n) is 8.81. The standard InChI is InChI=1S/C21H17Br2N3O4/c1-12(27)24-16-6-2-13(3-7-16)21(29)26-25-19(28)11-30-18-9-4-14-10-15(22)5-8-17(14)20(18)23/h2-10H,11H2,1H3,(H,24,27)(H,25,28)(H,26,29). The number of anilines is 1. The molecule has 3 N–H and O–H groups in total. The maximum Gasteiger partial charge on any atom is 0.276 e. The van der Waals surface area contributed by atoms with E-state index in [2.05, 4.69) is 48.0 Å². The van der Waals surface area contributed by atoms with E-state index < -0.39 is 11.8 Å². The summed E-state index contributed by atoms with van der Waals surface area (Å²) in [6, 6.07) is 15.8. The van der Waals surface area contributed by atoms with Gasteiger partial charge in [-0.15, -0.1) is 0 Å². The van der Waals surface area contributed by atoms with Gasteiger partial charge in [0.15, 0.2) is 6.61 Å². The van der Waals surface area contributed by atoms with Crippen molar-refractivity contribution < 1.29 is 19.1 Å². The first-order valence-corrected chi connectivity index (χ1v) is 10.4. The molecule has 0 saturated carbocycles. The molecule has 0 radical (unpaired) electrons. The van der Waals surface area contributed by atoms with Gasteiger partial charge in [0.25, 0.3) is 11.8 Å². The molecule has 0 saturated heterocycles. The fourth-order valence-corrected chi connectivity index (χ4v) is 3.63. The van der Waals surface area contributed by atoms with Gasteiger partial charge in [0.05, 0.1) is 4.47 Å². The van der Waals surface area contributed by atoms with E-state index in [-0.39, 0.29) is 12.5 Å². The third-order valence-electron chi connectivity index (χ3n) is 4.02. The Labute approximate surface area is 189 Å². The normalized spacial score (nSPS) is 10.4. The van der Waals surface area contributed by atoms with Crippen LogP contribution in [0.4, 0.5) is 5.69 Å². The summed E-state index contributed by atoms with van der Waals surface area (Å²) in [4.78, 5) is 35.2. The monoisotopic (exact) mass is 533 g/mol. The molecular formula is C21H17Br2N3O4. The van der Waals surface area contributed by atoms with Gasteiger partial charge >= 0.3 is 0 Å². The lowest BCUT2D eigenvalue weighted by molar-refractivity contribution is -0.123. The largest absolute Gasteiger partial charge is 0.483 e. The molecule has 3 rings (SSSR count). The molecule has 0 heterocycles. The van der Waals surface area contributed by atoms with Gasteiger partial charge < -0.3 is 10.1 Å². The van der Waals surface area contributed by atoms with E-state index in [1.807, 2.05) is 24.3 Å². The van der Waals surface area contributed by atoms with Gasteiger partial charge in [-0.05, 0) is 69.2 Å². The number of halogens is 2. The molecule has 0 aliphatic heterocycles. The molecule has 9 heteroatoms. The highest BCUT2D eigenvalue weighted by Crippen LogP contribution is 2.34. The zero-order valence-corrected chi connectivity index (χ0v) is 19.0. The number of hydrazine groups is 1. The fraction of sp³-hybridized carbons (Fsp3) is 0.0952. The molecule has 0 spiro atoms. The van der Waals surface area contributed by atoms with E-state index in [0.29, 0.717) is 17.0 Å². The van der Waals surface area contributed by atoms with Crippen molar-refractivity contribution in [3.8, 4) is 5.75 Å². The molecule has 154 valence electrons. The minimum Gasteiger partial charge on any atom is -0.483 e. The second kappa shape index (κ2) is 9.73. The predicted molar refractivity (Wildman–Crippen MR) is 121 cm³/mol. The van der Waals surface area contributed by atoms with Crippen molar-refractivity contribution in [3.63, 3.8) is 0 Å². The van der Waals surface area contributed by atoms with E-state index >= 15 is 0 Å². The lowest BCUT2D eigenvalue weighted by atomic mass is 10.1. The maximum atomic E-state index is 12.1. The Balaban J connectivity index is 1.53. The zero-order chi connectivity index (χ0) is 21.7. The SMILES string of the molecule is CC(=O)Nc1ccc(C(=O)NNC(=O)COc2ccc3cc(Br)ccc3c2Br)cc1. The summed E-state index contributed by atoms with van der Waals surface area (Å²) in [6.07, 6.45) is 0.